The van der Waals surface area contributed by atoms with Crippen LogP contribution in [-0.2, 0) is 4.79 Å². The Morgan fingerprint density at radius 1 is 0.909 bits per heavy atom. The Labute approximate surface area is 131 Å². The van der Waals surface area contributed by atoms with Gasteiger partial charge in [-0.15, -0.1) is 11.3 Å². The van der Waals surface area contributed by atoms with Gasteiger partial charge in [-0.25, -0.2) is 0 Å². The van der Waals surface area contributed by atoms with Crippen LogP contribution in [0.25, 0.3) is 10.1 Å². The first-order valence-electron chi connectivity index (χ1n) is 6.79. The normalized spacial score (nSPS) is 10.4. The summed E-state index contributed by atoms with van der Waals surface area (Å²) in [5.41, 5.74) is 2.06. The van der Waals surface area contributed by atoms with Crippen molar-refractivity contribution in [2.45, 2.75) is 6.92 Å². The minimum Gasteiger partial charge on any atom is -0.326 e. The maximum absolute atomic E-state index is 12.4. The molecular weight excluding hydrogens is 296 g/mol. The van der Waals surface area contributed by atoms with Crippen molar-refractivity contribution in [3.8, 4) is 0 Å². The van der Waals surface area contributed by atoms with E-state index in [2.05, 4.69) is 10.6 Å². The zero-order valence-corrected chi connectivity index (χ0v) is 12.7. The first-order chi connectivity index (χ1) is 10.6. The lowest BCUT2D eigenvalue weighted by Crippen LogP contribution is -2.11. The number of hydrogen-bond donors (Lipinski definition) is 2. The molecular formula is C17H14N2O2S. The standard InChI is InChI=1S/C17H14N2O2S/c1-11(20)18-12-6-8-13(9-7-12)19-17(21)15-10-22-16-5-3-2-4-14(15)16/h2-10H,1H3,(H,18,20)(H,19,21). The van der Waals surface area contributed by atoms with Gasteiger partial charge < -0.3 is 10.6 Å². The van der Waals surface area contributed by atoms with Crippen LogP contribution in [0.15, 0.2) is 53.9 Å². The molecule has 2 N–H and O–H groups in total. The maximum atomic E-state index is 12.4. The van der Waals surface area contributed by atoms with Crippen LogP contribution in [-0.4, -0.2) is 11.8 Å². The molecule has 0 fully saturated rings. The number of carbonyl (C=O) groups excluding carboxylic acids is 2. The summed E-state index contributed by atoms with van der Waals surface area (Å²) < 4.78 is 1.09. The maximum Gasteiger partial charge on any atom is 0.257 e. The molecule has 0 bridgehead atoms. The van der Waals surface area contributed by atoms with Gasteiger partial charge in [0.15, 0.2) is 0 Å². The summed E-state index contributed by atoms with van der Waals surface area (Å²) in [6, 6.07) is 14.9. The highest BCUT2D eigenvalue weighted by Gasteiger charge is 2.12. The minimum atomic E-state index is -0.135. The molecule has 0 aliphatic carbocycles. The molecule has 0 spiro atoms. The quantitative estimate of drug-likeness (QED) is 0.765. The van der Waals surface area contributed by atoms with Gasteiger partial charge in [0.25, 0.3) is 5.91 Å². The number of amides is 2. The van der Waals surface area contributed by atoms with E-state index in [0.29, 0.717) is 16.9 Å². The fourth-order valence-electron chi connectivity index (χ4n) is 2.19. The second-order valence-electron chi connectivity index (χ2n) is 4.86. The first-order valence-corrected chi connectivity index (χ1v) is 7.67. The van der Waals surface area contributed by atoms with Gasteiger partial charge in [-0.3, -0.25) is 9.59 Å². The van der Waals surface area contributed by atoms with Crippen LogP contribution in [0.1, 0.15) is 17.3 Å². The van der Waals surface area contributed by atoms with Gasteiger partial charge in [-0.1, -0.05) is 18.2 Å². The zero-order valence-electron chi connectivity index (χ0n) is 11.9. The van der Waals surface area contributed by atoms with E-state index >= 15 is 0 Å². The molecule has 2 amide bonds. The summed E-state index contributed by atoms with van der Waals surface area (Å²) in [6.45, 7) is 1.46. The van der Waals surface area contributed by atoms with Gasteiger partial charge in [0, 0.05) is 33.8 Å². The number of hydrogen-bond acceptors (Lipinski definition) is 3. The molecule has 1 aromatic heterocycles. The number of rotatable bonds is 3. The van der Waals surface area contributed by atoms with E-state index in [1.807, 2.05) is 29.6 Å². The van der Waals surface area contributed by atoms with E-state index in [0.717, 1.165) is 10.1 Å². The average Bonchev–Trinajstić information content (AvgIpc) is 2.93. The molecule has 1 heterocycles. The second-order valence-corrected chi connectivity index (χ2v) is 5.77. The van der Waals surface area contributed by atoms with E-state index in [-0.39, 0.29) is 11.8 Å². The highest BCUT2D eigenvalue weighted by atomic mass is 32.1. The summed E-state index contributed by atoms with van der Waals surface area (Å²) >= 11 is 1.55. The molecule has 0 radical (unpaired) electrons. The highest BCUT2D eigenvalue weighted by molar-refractivity contribution is 7.17. The zero-order chi connectivity index (χ0) is 15.5. The highest BCUT2D eigenvalue weighted by Crippen LogP contribution is 2.26. The van der Waals surface area contributed by atoms with Gasteiger partial charge >= 0.3 is 0 Å². The van der Waals surface area contributed by atoms with Crippen LogP contribution in [0.2, 0.25) is 0 Å². The fraction of sp³-hybridized carbons (Fsp3) is 0.0588. The average molecular weight is 310 g/mol. The second kappa shape index (κ2) is 5.99. The molecule has 4 nitrogen and oxygen atoms in total. The monoisotopic (exact) mass is 310 g/mol. The Kier molecular flexibility index (Phi) is 3.89. The third-order valence-electron chi connectivity index (χ3n) is 3.19. The van der Waals surface area contributed by atoms with Crippen molar-refractivity contribution in [2.75, 3.05) is 10.6 Å². The summed E-state index contributed by atoms with van der Waals surface area (Å²) in [5.74, 6) is -0.258. The van der Waals surface area contributed by atoms with Crippen molar-refractivity contribution in [3.63, 3.8) is 0 Å². The van der Waals surface area contributed by atoms with Crippen molar-refractivity contribution in [3.05, 3.63) is 59.5 Å². The first kappa shape index (κ1) is 14.3. The molecule has 2 aromatic carbocycles. The summed E-state index contributed by atoms with van der Waals surface area (Å²) in [4.78, 5) is 23.4. The van der Waals surface area contributed by atoms with Crippen molar-refractivity contribution in [2.24, 2.45) is 0 Å². The molecule has 0 saturated heterocycles. The largest absolute Gasteiger partial charge is 0.326 e. The Balaban J connectivity index is 1.78. The van der Waals surface area contributed by atoms with E-state index in [1.165, 1.54) is 6.92 Å². The fourth-order valence-corrected chi connectivity index (χ4v) is 3.13. The number of anilines is 2. The smallest absolute Gasteiger partial charge is 0.257 e. The Morgan fingerprint density at radius 3 is 2.23 bits per heavy atom. The number of thiophene rings is 1. The number of benzene rings is 2. The third-order valence-corrected chi connectivity index (χ3v) is 4.15. The van der Waals surface area contributed by atoms with Crippen molar-refractivity contribution >= 4 is 44.6 Å². The van der Waals surface area contributed by atoms with Crippen LogP contribution in [0.3, 0.4) is 0 Å². The molecule has 0 aliphatic heterocycles. The lowest BCUT2D eigenvalue weighted by molar-refractivity contribution is -0.114. The Hall–Kier alpha value is -2.66. The van der Waals surface area contributed by atoms with Crippen LogP contribution in [0, 0.1) is 0 Å². The van der Waals surface area contributed by atoms with E-state index in [9.17, 15) is 9.59 Å². The van der Waals surface area contributed by atoms with E-state index in [1.54, 1.807) is 35.6 Å². The van der Waals surface area contributed by atoms with Gasteiger partial charge in [0.1, 0.15) is 0 Å². The molecule has 0 unspecified atom stereocenters. The molecule has 5 heteroatoms. The number of carbonyl (C=O) groups is 2. The van der Waals surface area contributed by atoms with Gasteiger partial charge in [-0.05, 0) is 30.3 Å². The Bertz CT molecular complexity index is 837. The van der Waals surface area contributed by atoms with Crippen LogP contribution >= 0.6 is 11.3 Å². The van der Waals surface area contributed by atoms with E-state index < -0.39 is 0 Å². The Morgan fingerprint density at radius 2 is 1.55 bits per heavy atom. The molecule has 0 aliphatic rings. The van der Waals surface area contributed by atoms with Crippen LogP contribution in [0.4, 0.5) is 11.4 Å². The van der Waals surface area contributed by atoms with Crippen LogP contribution in [0.5, 0.6) is 0 Å². The van der Waals surface area contributed by atoms with Gasteiger partial charge in [-0.2, -0.15) is 0 Å². The van der Waals surface area contributed by atoms with E-state index in [4.69, 9.17) is 0 Å². The molecule has 3 aromatic rings. The van der Waals surface area contributed by atoms with Gasteiger partial charge in [0.2, 0.25) is 5.91 Å². The summed E-state index contributed by atoms with van der Waals surface area (Å²) in [6.07, 6.45) is 0. The molecule has 110 valence electrons. The third kappa shape index (κ3) is 2.99. The predicted molar refractivity (Wildman–Crippen MR) is 90.5 cm³/mol. The number of nitrogens with one attached hydrogen (secondary N) is 2. The van der Waals surface area contributed by atoms with Gasteiger partial charge in [0.05, 0.1) is 5.56 Å². The van der Waals surface area contributed by atoms with Crippen molar-refractivity contribution < 1.29 is 9.59 Å². The molecule has 3 rings (SSSR count). The summed E-state index contributed by atoms with van der Waals surface area (Å²) in [5, 5.41) is 8.38. The summed E-state index contributed by atoms with van der Waals surface area (Å²) in [7, 11) is 0. The number of fused-ring (bicyclic) bond motifs is 1. The van der Waals surface area contributed by atoms with Crippen molar-refractivity contribution in [1.82, 2.24) is 0 Å². The SMILES string of the molecule is CC(=O)Nc1ccc(NC(=O)c2csc3ccccc23)cc1. The van der Waals surface area contributed by atoms with Crippen LogP contribution < -0.4 is 10.6 Å². The molecule has 22 heavy (non-hydrogen) atoms. The molecule has 0 atom stereocenters. The molecule has 0 saturated carbocycles. The predicted octanol–water partition coefficient (Wildman–Crippen LogP) is 4.11. The topological polar surface area (TPSA) is 58.2 Å². The van der Waals surface area contributed by atoms with Crippen molar-refractivity contribution in [1.29, 1.82) is 0 Å². The lowest BCUT2D eigenvalue weighted by Gasteiger charge is -2.06. The minimum absolute atomic E-state index is 0.124. The lowest BCUT2D eigenvalue weighted by atomic mass is 10.1.